The Morgan fingerprint density at radius 1 is 1.29 bits per heavy atom. The summed E-state index contributed by atoms with van der Waals surface area (Å²) in [6, 6.07) is 8.12. The van der Waals surface area contributed by atoms with Crippen molar-refractivity contribution in [1.29, 1.82) is 0 Å². The van der Waals surface area contributed by atoms with E-state index in [0.29, 0.717) is 21.7 Å². The van der Waals surface area contributed by atoms with Crippen LogP contribution < -0.4 is 4.90 Å². The van der Waals surface area contributed by atoms with Gasteiger partial charge in [-0.2, -0.15) is 0 Å². The summed E-state index contributed by atoms with van der Waals surface area (Å²) in [4.78, 5) is 16.8. The average Bonchev–Trinajstić information content (AvgIpc) is 2.67. The summed E-state index contributed by atoms with van der Waals surface area (Å²) in [7, 11) is 4.01. The van der Waals surface area contributed by atoms with Crippen molar-refractivity contribution in [2.75, 3.05) is 25.5 Å². The van der Waals surface area contributed by atoms with E-state index < -0.39 is 0 Å². The van der Waals surface area contributed by atoms with Crippen molar-refractivity contribution in [3.8, 4) is 0 Å². The standard InChI is InChI=1S/C16H20N2OS2/c1-11(2)10-18-15(19)14(21-16(18)20)9-12-5-7-13(8-6-12)17(3)4/h5-9,11H,10H2,1-4H3. The fourth-order valence-electron chi connectivity index (χ4n) is 2.04. The second-order valence-corrected chi connectivity index (χ2v) is 7.35. The largest absolute Gasteiger partial charge is 0.378 e. The van der Waals surface area contributed by atoms with Gasteiger partial charge in [-0.3, -0.25) is 9.69 Å². The number of hydrogen-bond acceptors (Lipinski definition) is 4. The SMILES string of the molecule is CC(C)CN1C(=O)C(=Cc2ccc(N(C)C)cc2)SC1=S. The van der Waals surface area contributed by atoms with Crippen LogP contribution in [0, 0.1) is 5.92 Å². The molecule has 2 rings (SSSR count). The lowest BCUT2D eigenvalue weighted by Gasteiger charge is -2.16. The molecule has 1 heterocycles. The number of amides is 1. The van der Waals surface area contributed by atoms with E-state index in [1.54, 1.807) is 4.90 Å². The molecule has 1 aromatic rings. The normalized spacial score (nSPS) is 17.2. The minimum Gasteiger partial charge on any atom is -0.378 e. The van der Waals surface area contributed by atoms with Crippen LogP contribution in [0.3, 0.4) is 0 Å². The molecule has 0 saturated carbocycles. The van der Waals surface area contributed by atoms with Gasteiger partial charge >= 0.3 is 0 Å². The molecule has 0 unspecified atom stereocenters. The number of anilines is 1. The van der Waals surface area contributed by atoms with Crippen molar-refractivity contribution in [1.82, 2.24) is 4.90 Å². The van der Waals surface area contributed by atoms with Crippen molar-refractivity contribution in [3.63, 3.8) is 0 Å². The lowest BCUT2D eigenvalue weighted by atomic mass is 10.1. The first kappa shape index (κ1) is 16.0. The third-order valence-corrected chi connectivity index (χ3v) is 4.51. The smallest absolute Gasteiger partial charge is 0.266 e. The molecule has 0 radical (unpaired) electrons. The van der Waals surface area contributed by atoms with Crippen molar-refractivity contribution < 1.29 is 4.79 Å². The molecule has 1 amide bonds. The van der Waals surface area contributed by atoms with Crippen LogP contribution in [0.15, 0.2) is 29.2 Å². The molecule has 0 aliphatic carbocycles. The summed E-state index contributed by atoms with van der Waals surface area (Å²) >= 11 is 6.69. The Labute approximate surface area is 136 Å². The van der Waals surface area contributed by atoms with Crippen LogP contribution in [0.5, 0.6) is 0 Å². The molecule has 1 saturated heterocycles. The first-order valence-electron chi connectivity index (χ1n) is 6.91. The molecule has 112 valence electrons. The van der Waals surface area contributed by atoms with Gasteiger partial charge in [-0.1, -0.05) is 50.0 Å². The van der Waals surface area contributed by atoms with Gasteiger partial charge in [-0.25, -0.2) is 0 Å². The summed E-state index contributed by atoms with van der Waals surface area (Å²) in [5, 5.41) is 0. The number of thiocarbonyl (C=S) groups is 1. The van der Waals surface area contributed by atoms with Gasteiger partial charge in [0.15, 0.2) is 0 Å². The molecule has 1 aromatic carbocycles. The van der Waals surface area contributed by atoms with Gasteiger partial charge in [0.1, 0.15) is 4.32 Å². The van der Waals surface area contributed by atoms with E-state index in [1.165, 1.54) is 11.8 Å². The Kier molecular flexibility index (Phi) is 5.06. The second kappa shape index (κ2) is 6.62. The van der Waals surface area contributed by atoms with Crippen LogP contribution in [0.4, 0.5) is 5.69 Å². The maximum atomic E-state index is 12.4. The number of carbonyl (C=O) groups excluding carboxylic acids is 1. The van der Waals surface area contributed by atoms with E-state index in [2.05, 4.69) is 13.8 Å². The highest BCUT2D eigenvalue weighted by Crippen LogP contribution is 2.33. The highest BCUT2D eigenvalue weighted by atomic mass is 32.2. The summed E-state index contributed by atoms with van der Waals surface area (Å²) in [5.74, 6) is 0.432. The third-order valence-electron chi connectivity index (χ3n) is 3.13. The summed E-state index contributed by atoms with van der Waals surface area (Å²) in [6.07, 6.45) is 1.92. The van der Waals surface area contributed by atoms with Crippen molar-refractivity contribution >= 4 is 46.0 Å². The first-order valence-corrected chi connectivity index (χ1v) is 8.13. The Morgan fingerprint density at radius 3 is 2.43 bits per heavy atom. The molecule has 1 aliphatic rings. The predicted octanol–water partition coefficient (Wildman–Crippen LogP) is 3.61. The molecule has 3 nitrogen and oxygen atoms in total. The number of rotatable bonds is 4. The molecular formula is C16H20N2OS2. The van der Waals surface area contributed by atoms with Gasteiger partial charge in [0, 0.05) is 26.3 Å². The topological polar surface area (TPSA) is 23.6 Å². The summed E-state index contributed by atoms with van der Waals surface area (Å²) in [5.41, 5.74) is 2.16. The van der Waals surface area contributed by atoms with E-state index in [0.717, 1.165) is 11.3 Å². The van der Waals surface area contributed by atoms with Gasteiger partial charge in [-0.15, -0.1) is 0 Å². The zero-order chi connectivity index (χ0) is 15.6. The Hall–Kier alpha value is -1.33. The van der Waals surface area contributed by atoms with Crippen LogP contribution >= 0.6 is 24.0 Å². The molecule has 21 heavy (non-hydrogen) atoms. The van der Waals surface area contributed by atoms with E-state index in [-0.39, 0.29) is 5.91 Å². The quantitative estimate of drug-likeness (QED) is 0.624. The van der Waals surface area contributed by atoms with E-state index in [1.807, 2.05) is 49.3 Å². The van der Waals surface area contributed by atoms with Crippen molar-refractivity contribution in [2.24, 2.45) is 5.92 Å². The lowest BCUT2D eigenvalue weighted by molar-refractivity contribution is -0.122. The second-order valence-electron chi connectivity index (χ2n) is 5.67. The highest BCUT2D eigenvalue weighted by molar-refractivity contribution is 8.26. The summed E-state index contributed by atoms with van der Waals surface area (Å²) < 4.78 is 0.657. The van der Waals surface area contributed by atoms with Gasteiger partial charge in [0.05, 0.1) is 4.91 Å². The first-order chi connectivity index (χ1) is 9.88. The lowest BCUT2D eigenvalue weighted by Crippen LogP contribution is -2.31. The van der Waals surface area contributed by atoms with Crippen LogP contribution in [0.1, 0.15) is 19.4 Å². The molecule has 0 atom stereocenters. The van der Waals surface area contributed by atoms with Gasteiger partial charge < -0.3 is 4.90 Å². The Balaban J connectivity index is 2.18. The molecule has 0 N–H and O–H groups in total. The monoisotopic (exact) mass is 320 g/mol. The van der Waals surface area contributed by atoms with Crippen molar-refractivity contribution in [2.45, 2.75) is 13.8 Å². The number of hydrogen-bond donors (Lipinski definition) is 0. The number of carbonyl (C=O) groups is 1. The minimum absolute atomic E-state index is 0.0235. The average molecular weight is 320 g/mol. The summed E-state index contributed by atoms with van der Waals surface area (Å²) in [6.45, 7) is 4.85. The van der Waals surface area contributed by atoms with Gasteiger partial charge in [0.25, 0.3) is 5.91 Å². The zero-order valence-corrected chi connectivity index (χ0v) is 14.4. The van der Waals surface area contributed by atoms with Gasteiger partial charge in [-0.05, 0) is 29.7 Å². The minimum atomic E-state index is 0.0235. The van der Waals surface area contributed by atoms with Crippen LogP contribution in [0.25, 0.3) is 6.08 Å². The van der Waals surface area contributed by atoms with Crippen molar-refractivity contribution in [3.05, 3.63) is 34.7 Å². The Bertz CT molecular complexity index is 576. The number of thioether (sulfide) groups is 1. The molecule has 0 bridgehead atoms. The van der Waals surface area contributed by atoms with Crippen LogP contribution in [-0.2, 0) is 4.79 Å². The Morgan fingerprint density at radius 2 is 1.90 bits per heavy atom. The molecule has 0 aromatic heterocycles. The molecule has 1 fully saturated rings. The number of nitrogens with zero attached hydrogens (tertiary/aromatic N) is 2. The third kappa shape index (κ3) is 3.86. The fraction of sp³-hybridized carbons (Fsp3) is 0.375. The number of benzene rings is 1. The zero-order valence-electron chi connectivity index (χ0n) is 12.8. The van der Waals surface area contributed by atoms with E-state index in [4.69, 9.17) is 12.2 Å². The fourth-order valence-corrected chi connectivity index (χ4v) is 3.32. The van der Waals surface area contributed by atoms with E-state index in [9.17, 15) is 4.79 Å². The predicted molar refractivity (Wildman–Crippen MR) is 95.5 cm³/mol. The highest BCUT2D eigenvalue weighted by Gasteiger charge is 2.32. The molecule has 5 heteroatoms. The maximum Gasteiger partial charge on any atom is 0.266 e. The molecule has 1 aliphatic heterocycles. The maximum absolute atomic E-state index is 12.4. The van der Waals surface area contributed by atoms with E-state index >= 15 is 0 Å². The van der Waals surface area contributed by atoms with Crippen LogP contribution in [0.2, 0.25) is 0 Å². The van der Waals surface area contributed by atoms with Gasteiger partial charge in [0.2, 0.25) is 0 Å². The molecular weight excluding hydrogens is 300 g/mol. The molecule has 0 spiro atoms. The van der Waals surface area contributed by atoms with Crippen LogP contribution in [-0.4, -0.2) is 35.8 Å².